The molecule has 2 heterocycles. The van der Waals surface area contributed by atoms with Gasteiger partial charge >= 0.3 is 12.4 Å². The number of carbonyl (C=O) groups is 1. The van der Waals surface area contributed by atoms with Crippen LogP contribution in [0.3, 0.4) is 0 Å². The molecular formula is C20H26F3N5O2. The molecule has 1 aromatic heterocycles. The van der Waals surface area contributed by atoms with Gasteiger partial charge < -0.3 is 19.9 Å². The van der Waals surface area contributed by atoms with Gasteiger partial charge in [-0.2, -0.15) is 5.10 Å². The Morgan fingerprint density at radius 3 is 2.40 bits per heavy atom. The average Bonchev–Trinajstić information content (AvgIpc) is 3.08. The maximum Gasteiger partial charge on any atom is 0.573 e. The molecule has 0 radical (unpaired) electrons. The molecule has 2 amide bonds. The summed E-state index contributed by atoms with van der Waals surface area (Å²) >= 11 is 0. The lowest BCUT2D eigenvalue weighted by Crippen LogP contribution is -2.48. The number of carbonyl (C=O) groups excluding carboxylic acids is 1. The highest BCUT2D eigenvalue weighted by molar-refractivity contribution is 5.74. The minimum Gasteiger partial charge on any atom is -0.406 e. The van der Waals surface area contributed by atoms with Crippen molar-refractivity contribution in [3.05, 3.63) is 47.8 Å². The first-order chi connectivity index (χ1) is 14.2. The SMILES string of the molecule is CN1CCC(NC(=O)N(Cc2ccc(OC(F)(F)F)cc2)Cc2ccn(C)n2)CC1. The van der Waals surface area contributed by atoms with Crippen molar-refractivity contribution >= 4 is 6.03 Å². The zero-order valence-corrected chi connectivity index (χ0v) is 17.0. The Hall–Kier alpha value is -2.75. The second-order valence-corrected chi connectivity index (χ2v) is 7.56. The first kappa shape index (κ1) is 21.9. The van der Waals surface area contributed by atoms with Gasteiger partial charge in [0.2, 0.25) is 0 Å². The van der Waals surface area contributed by atoms with E-state index in [0.717, 1.165) is 31.6 Å². The van der Waals surface area contributed by atoms with Crippen molar-refractivity contribution in [2.45, 2.75) is 38.3 Å². The minimum atomic E-state index is -4.74. The number of benzene rings is 1. The number of piperidine rings is 1. The molecule has 10 heteroatoms. The maximum atomic E-state index is 13.0. The number of aromatic nitrogens is 2. The van der Waals surface area contributed by atoms with Crippen LogP contribution in [0.1, 0.15) is 24.1 Å². The molecule has 7 nitrogen and oxygen atoms in total. The summed E-state index contributed by atoms with van der Waals surface area (Å²) in [5.74, 6) is -0.293. The number of rotatable bonds is 6. The fraction of sp³-hybridized carbons (Fsp3) is 0.500. The van der Waals surface area contributed by atoms with Crippen molar-refractivity contribution in [3.63, 3.8) is 0 Å². The summed E-state index contributed by atoms with van der Waals surface area (Å²) in [4.78, 5) is 16.8. The average molecular weight is 425 g/mol. The van der Waals surface area contributed by atoms with Crippen LogP contribution in [0.5, 0.6) is 5.75 Å². The predicted molar refractivity (Wildman–Crippen MR) is 105 cm³/mol. The van der Waals surface area contributed by atoms with Crippen molar-refractivity contribution in [3.8, 4) is 5.75 Å². The van der Waals surface area contributed by atoms with E-state index in [1.165, 1.54) is 24.3 Å². The first-order valence-electron chi connectivity index (χ1n) is 9.75. The molecule has 1 aliphatic rings. The van der Waals surface area contributed by atoms with Crippen LogP contribution >= 0.6 is 0 Å². The van der Waals surface area contributed by atoms with E-state index in [9.17, 15) is 18.0 Å². The number of hydrogen-bond donors (Lipinski definition) is 1. The fourth-order valence-electron chi connectivity index (χ4n) is 3.38. The third-order valence-electron chi connectivity index (χ3n) is 4.99. The van der Waals surface area contributed by atoms with Crippen LogP contribution in [0.25, 0.3) is 0 Å². The van der Waals surface area contributed by atoms with E-state index in [1.807, 2.05) is 6.07 Å². The number of amides is 2. The number of aryl methyl sites for hydroxylation is 1. The molecule has 1 aliphatic heterocycles. The first-order valence-corrected chi connectivity index (χ1v) is 9.75. The summed E-state index contributed by atoms with van der Waals surface area (Å²) in [6.45, 7) is 2.37. The topological polar surface area (TPSA) is 62.6 Å². The van der Waals surface area contributed by atoms with Crippen LogP contribution in [-0.2, 0) is 20.1 Å². The van der Waals surface area contributed by atoms with Gasteiger partial charge in [-0.05, 0) is 56.7 Å². The summed E-state index contributed by atoms with van der Waals surface area (Å²) in [7, 11) is 3.85. The molecule has 0 bridgehead atoms. The number of alkyl halides is 3. The maximum absolute atomic E-state index is 13.0. The Morgan fingerprint density at radius 2 is 1.83 bits per heavy atom. The highest BCUT2D eigenvalue weighted by Crippen LogP contribution is 2.23. The second kappa shape index (κ2) is 9.38. The lowest BCUT2D eigenvalue weighted by molar-refractivity contribution is -0.274. The fourth-order valence-corrected chi connectivity index (χ4v) is 3.38. The lowest BCUT2D eigenvalue weighted by Gasteiger charge is -2.31. The van der Waals surface area contributed by atoms with Gasteiger partial charge in [-0.3, -0.25) is 4.68 Å². The van der Waals surface area contributed by atoms with Crippen LogP contribution in [0.15, 0.2) is 36.5 Å². The summed E-state index contributed by atoms with van der Waals surface area (Å²) in [6, 6.07) is 7.25. The van der Waals surface area contributed by atoms with Gasteiger partial charge in [0.15, 0.2) is 0 Å². The van der Waals surface area contributed by atoms with E-state index in [2.05, 4.69) is 27.1 Å². The standard InChI is InChI=1S/C20H26F3N5O2/c1-26-10-7-16(8-11-26)24-19(29)28(14-17-9-12-27(2)25-17)13-15-3-5-18(6-4-15)30-20(21,22)23/h3-6,9,12,16H,7-8,10-11,13-14H2,1-2H3,(H,24,29). The van der Waals surface area contributed by atoms with Crippen molar-refractivity contribution in [2.24, 2.45) is 7.05 Å². The third kappa shape index (κ3) is 6.65. The molecule has 1 saturated heterocycles. The molecule has 0 aliphatic carbocycles. The molecule has 0 spiro atoms. The number of ether oxygens (including phenoxy) is 1. The third-order valence-corrected chi connectivity index (χ3v) is 4.99. The smallest absolute Gasteiger partial charge is 0.406 e. The van der Waals surface area contributed by atoms with Gasteiger partial charge in [0.1, 0.15) is 5.75 Å². The highest BCUT2D eigenvalue weighted by Gasteiger charge is 2.31. The monoisotopic (exact) mass is 425 g/mol. The molecule has 30 heavy (non-hydrogen) atoms. The van der Waals surface area contributed by atoms with Gasteiger partial charge in [-0.1, -0.05) is 12.1 Å². The Balaban J connectivity index is 1.68. The Labute approximate surface area is 173 Å². The van der Waals surface area contributed by atoms with Gasteiger partial charge in [-0.25, -0.2) is 4.79 Å². The number of hydrogen-bond acceptors (Lipinski definition) is 4. The summed E-state index contributed by atoms with van der Waals surface area (Å²) < 4.78 is 42.6. The molecule has 1 aromatic carbocycles. The molecule has 1 fully saturated rings. The van der Waals surface area contributed by atoms with Crippen LogP contribution in [0.4, 0.5) is 18.0 Å². The van der Waals surface area contributed by atoms with Gasteiger partial charge in [-0.15, -0.1) is 13.2 Å². The Kier molecular flexibility index (Phi) is 6.86. The number of nitrogens with zero attached hydrogens (tertiary/aromatic N) is 4. The van der Waals surface area contributed by atoms with Crippen molar-refractivity contribution < 1.29 is 22.7 Å². The van der Waals surface area contributed by atoms with Crippen LogP contribution < -0.4 is 10.1 Å². The normalized spacial score (nSPS) is 15.8. The van der Waals surface area contributed by atoms with Gasteiger partial charge in [0.05, 0.1) is 12.2 Å². The van der Waals surface area contributed by atoms with E-state index in [4.69, 9.17) is 0 Å². The predicted octanol–water partition coefficient (Wildman–Crippen LogP) is 3.12. The van der Waals surface area contributed by atoms with E-state index in [1.54, 1.807) is 22.8 Å². The molecule has 0 unspecified atom stereocenters. The Bertz CT molecular complexity index is 830. The zero-order chi connectivity index (χ0) is 21.7. The van der Waals surface area contributed by atoms with Gasteiger partial charge in [0.25, 0.3) is 0 Å². The van der Waals surface area contributed by atoms with Crippen molar-refractivity contribution in [2.75, 3.05) is 20.1 Å². The van der Waals surface area contributed by atoms with Gasteiger partial charge in [0, 0.05) is 25.8 Å². The van der Waals surface area contributed by atoms with E-state index >= 15 is 0 Å². The lowest BCUT2D eigenvalue weighted by atomic mass is 10.1. The molecule has 1 N–H and O–H groups in total. The molecule has 3 rings (SSSR count). The van der Waals surface area contributed by atoms with Crippen LogP contribution in [0.2, 0.25) is 0 Å². The van der Waals surface area contributed by atoms with Crippen LogP contribution in [0, 0.1) is 0 Å². The minimum absolute atomic E-state index is 0.0995. The second-order valence-electron chi connectivity index (χ2n) is 7.56. The molecule has 164 valence electrons. The van der Waals surface area contributed by atoms with E-state index in [-0.39, 0.29) is 24.4 Å². The summed E-state index contributed by atoms with van der Waals surface area (Å²) in [5, 5.41) is 7.41. The van der Waals surface area contributed by atoms with Crippen molar-refractivity contribution in [1.82, 2.24) is 24.9 Å². The highest BCUT2D eigenvalue weighted by atomic mass is 19.4. The summed E-state index contributed by atoms with van der Waals surface area (Å²) in [6.07, 6.45) is -1.18. The number of halogens is 3. The number of nitrogens with one attached hydrogen (secondary N) is 1. The largest absolute Gasteiger partial charge is 0.573 e. The van der Waals surface area contributed by atoms with Crippen LogP contribution in [-0.4, -0.2) is 58.2 Å². The molecule has 2 aromatic rings. The zero-order valence-electron chi connectivity index (χ0n) is 17.0. The molecule has 0 atom stereocenters. The Morgan fingerprint density at radius 1 is 1.17 bits per heavy atom. The summed E-state index contributed by atoms with van der Waals surface area (Å²) in [5.41, 5.74) is 1.42. The van der Waals surface area contributed by atoms with E-state index < -0.39 is 6.36 Å². The molecule has 0 saturated carbocycles. The number of urea groups is 1. The van der Waals surface area contributed by atoms with Crippen molar-refractivity contribution in [1.29, 1.82) is 0 Å². The quantitative estimate of drug-likeness (QED) is 0.773. The molecular weight excluding hydrogens is 399 g/mol. The number of likely N-dealkylation sites (tertiary alicyclic amines) is 1. The van der Waals surface area contributed by atoms with E-state index in [0.29, 0.717) is 12.1 Å².